The molecule has 1 unspecified atom stereocenters. The van der Waals surface area contributed by atoms with E-state index in [9.17, 15) is 5.11 Å². The summed E-state index contributed by atoms with van der Waals surface area (Å²) < 4.78 is 4.29. The van der Waals surface area contributed by atoms with Gasteiger partial charge in [-0.25, -0.2) is 9.97 Å². The van der Waals surface area contributed by atoms with Crippen molar-refractivity contribution >= 4 is 27.6 Å². The van der Waals surface area contributed by atoms with Gasteiger partial charge in [-0.2, -0.15) is 4.37 Å². The minimum Gasteiger partial charge on any atom is -0.390 e. The van der Waals surface area contributed by atoms with Crippen molar-refractivity contribution < 1.29 is 5.11 Å². The normalized spacial score (nSPS) is 13.1. The van der Waals surface area contributed by atoms with E-state index in [1.54, 1.807) is 0 Å². The van der Waals surface area contributed by atoms with Crippen molar-refractivity contribution in [3.05, 3.63) is 12.0 Å². The Bertz CT molecular complexity index is 555. The summed E-state index contributed by atoms with van der Waals surface area (Å²) in [5.41, 5.74) is 0.923. The maximum absolute atomic E-state index is 10.1. The van der Waals surface area contributed by atoms with Gasteiger partial charge in [0.1, 0.15) is 17.0 Å². The van der Waals surface area contributed by atoms with Gasteiger partial charge in [0.05, 0.1) is 17.2 Å². The van der Waals surface area contributed by atoms with Crippen LogP contribution in [0.5, 0.6) is 0 Å². The summed E-state index contributed by atoms with van der Waals surface area (Å²) in [6, 6.07) is 0. The first-order valence-corrected chi connectivity index (χ1v) is 7.64. The Morgan fingerprint density at radius 3 is 2.80 bits per heavy atom. The maximum Gasteiger partial charge on any atom is 0.149 e. The Balaban J connectivity index is 2.00. The monoisotopic (exact) mass is 295 g/mol. The zero-order chi connectivity index (χ0) is 14.5. The van der Waals surface area contributed by atoms with Gasteiger partial charge in [-0.15, -0.1) is 0 Å². The van der Waals surface area contributed by atoms with Crippen molar-refractivity contribution in [1.82, 2.24) is 19.2 Å². The van der Waals surface area contributed by atoms with Crippen molar-refractivity contribution in [3.63, 3.8) is 0 Å². The van der Waals surface area contributed by atoms with Gasteiger partial charge in [0.15, 0.2) is 0 Å². The molecule has 0 aromatic carbocycles. The molecule has 110 valence electrons. The molecule has 0 radical (unpaired) electrons. The summed E-state index contributed by atoms with van der Waals surface area (Å²) >= 11 is 1.37. The molecule has 6 nitrogen and oxygen atoms in total. The minimum absolute atomic E-state index is 0.424. The molecule has 2 heterocycles. The molecular weight excluding hydrogens is 274 g/mol. The van der Waals surface area contributed by atoms with Gasteiger partial charge >= 0.3 is 0 Å². The average molecular weight is 295 g/mol. The SMILES string of the molecule is CCN(CC)CC(O)CNc1ncnc2snc(C)c12. The van der Waals surface area contributed by atoms with Gasteiger partial charge in [0, 0.05) is 13.1 Å². The molecule has 2 aromatic heterocycles. The highest BCUT2D eigenvalue weighted by molar-refractivity contribution is 7.13. The van der Waals surface area contributed by atoms with Crippen molar-refractivity contribution in [2.75, 3.05) is 31.5 Å². The average Bonchev–Trinajstić information content (AvgIpc) is 2.85. The summed E-state index contributed by atoms with van der Waals surface area (Å²) in [4.78, 5) is 11.5. The fourth-order valence-electron chi connectivity index (χ4n) is 2.12. The van der Waals surface area contributed by atoms with E-state index in [1.165, 1.54) is 17.9 Å². The fourth-order valence-corrected chi connectivity index (χ4v) is 2.86. The Labute approximate surface area is 123 Å². The zero-order valence-electron chi connectivity index (χ0n) is 12.1. The number of anilines is 1. The van der Waals surface area contributed by atoms with Gasteiger partial charge in [-0.3, -0.25) is 0 Å². The van der Waals surface area contributed by atoms with Crippen molar-refractivity contribution in [2.24, 2.45) is 0 Å². The van der Waals surface area contributed by atoms with Crippen molar-refractivity contribution in [3.8, 4) is 0 Å². The number of nitrogens with one attached hydrogen (secondary N) is 1. The van der Waals surface area contributed by atoms with Crippen LogP contribution < -0.4 is 5.32 Å². The molecule has 1 atom stereocenters. The van der Waals surface area contributed by atoms with E-state index in [-0.39, 0.29) is 0 Å². The molecule has 20 heavy (non-hydrogen) atoms. The van der Waals surface area contributed by atoms with E-state index < -0.39 is 6.10 Å². The number of aryl methyl sites for hydroxylation is 1. The lowest BCUT2D eigenvalue weighted by molar-refractivity contribution is 0.128. The zero-order valence-corrected chi connectivity index (χ0v) is 12.9. The van der Waals surface area contributed by atoms with Crippen LogP contribution in [0.1, 0.15) is 19.5 Å². The predicted molar refractivity (Wildman–Crippen MR) is 82.2 cm³/mol. The molecule has 0 aliphatic carbocycles. The van der Waals surface area contributed by atoms with Crippen LogP contribution in [0.3, 0.4) is 0 Å². The summed E-state index contributed by atoms with van der Waals surface area (Å²) in [6.07, 6.45) is 1.10. The molecule has 0 bridgehead atoms. The van der Waals surface area contributed by atoms with Gasteiger partial charge in [-0.1, -0.05) is 13.8 Å². The van der Waals surface area contributed by atoms with E-state index in [1.807, 2.05) is 6.92 Å². The third-order valence-corrected chi connectivity index (χ3v) is 4.16. The molecule has 0 saturated carbocycles. The van der Waals surface area contributed by atoms with Crippen LogP contribution in [-0.4, -0.2) is 56.6 Å². The van der Waals surface area contributed by atoms with E-state index in [2.05, 4.69) is 38.4 Å². The van der Waals surface area contributed by atoms with Crippen LogP contribution in [0, 0.1) is 6.92 Å². The minimum atomic E-state index is -0.424. The van der Waals surface area contributed by atoms with Crippen LogP contribution in [0.2, 0.25) is 0 Å². The van der Waals surface area contributed by atoms with Crippen LogP contribution in [0.4, 0.5) is 5.82 Å². The Hall–Kier alpha value is -1.31. The van der Waals surface area contributed by atoms with Crippen molar-refractivity contribution in [1.29, 1.82) is 0 Å². The van der Waals surface area contributed by atoms with Crippen LogP contribution in [0.15, 0.2) is 6.33 Å². The van der Waals surface area contributed by atoms with E-state index in [4.69, 9.17) is 0 Å². The van der Waals surface area contributed by atoms with E-state index in [0.29, 0.717) is 13.1 Å². The predicted octanol–water partition coefficient (Wildman–Crippen LogP) is 1.51. The largest absolute Gasteiger partial charge is 0.390 e. The number of aliphatic hydroxyl groups is 1. The third-order valence-electron chi connectivity index (χ3n) is 3.31. The molecule has 0 amide bonds. The summed E-state index contributed by atoms with van der Waals surface area (Å²) in [5.74, 6) is 0.750. The molecule has 0 spiro atoms. The van der Waals surface area contributed by atoms with Gasteiger partial charge in [0.25, 0.3) is 0 Å². The second kappa shape index (κ2) is 6.92. The van der Waals surface area contributed by atoms with Gasteiger partial charge in [-0.05, 0) is 31.5 Å². The van der Waals surface area contributed by atoms with Crippen LogP contribution in [0.25, 0.3) is 10.2 Å². The second-order valence-corrected chi connectivity index (χ2v) is 5.44. The number of aromatic nitrogens is 3. The molecule has 7 heteroatoms. The lowest BCUT2D eigenvalue weighted by Gasteiger charge is -2.22. The first-order chi connectivity index (χ1) is 9.65. The van der Waals surface area contributed by atoms with E-state index in [0.717, 1.165) is 34.8 Å². The number of aliphatic hydroxyl groups excluding tert-OH is 1. The van der Waals surface area contributed by atoms with Gasteiger partial charge in [0.2, 0.25) is 0 Å². The number of nitrogens with zero attached hydrogens (tertiary/aromatic N) is 4. The lowest BCUT2D eigenvalue weighted by atomic mass is 10.3. The molecule has 0 aliphatic rings. The van der Waals surface area contributed by atoms with Gasteiger partial charge < -0.3 is 15.3 Å². The lowest BCUT2D eigenvalue weighted by Crippen LogP contribution is -2.36. The highest BCUT2D eigenvalue weighted by Gasteiger charge is 2.13. The number of fused-ring (bicyclic) bond motifs is 1. The standard InChI is InChI=1S/C13H21N5OS/c1-4-18(5-2)7-10(19)6-14-12-11-9(3)17-20-13(11)16-8-15-12/h8,10,19H,4-7H2,1-3H3,(H,14,15,16). The van der Waals surface area contributed by atoms with Crippen LogP contribution in [-0.2, 0) is 0 Å². The topological polar surface area (TPSA) is 74.2 Å². The molecule has 0 aliphatic heterocycles. The Morgan fingerprint density at radius 2 is 2.10 bits per heavy atom. The maximum atomic E-state index is 10.1. The first kappa shape index (κ1) is 15.1. The fraction of sp³-hybridized carbons (Fsp3) is 0.615. The molecule has 2 aromatic rings. The highest BCUT2D eigenvalue weighted by atomic mass is 32.1. The Morgan fingerprint density at radius 1 is 1.35 bits per heavy atom. The molecule has 0 saturated heterocycles. The molecular formula is C13H21N5OS. The number of hydrogen-bond acceptors (Lipinski definition) is 7. The molecule has 0 fully saturated rings. The molecule has 2 rings (SSSR count). The van der Waals surface area contributed by atoms with Crippen LogP contribution >= 0.6 is 11.5 Å². The summed E-state index contributed by atoms with van der Waals surface area (Å²) in [7, 11) is 0. The molecule has 2 N–H and O–H groups in total. The summed E-state index contributed by atoms with van der Waals surface area (Å²) in [5, 5.41) is 14.2. The smallest absolute Gasteiger partial charge is 0.149 e. The number of hydrogen-bond donors (Lipinski definition) is 2. The number of likely N-dealkylation sites (N-methyl/N-ethyl adjacent to an activating group) is 1. The number of rotatable bonds is 7. The Kier molecular flexibility index (Phi) is 5.22. The third kappa shape index (κ3) is 3.41. The van der Waals surface area contributed by atoms with E-state index >= 15 is 0 Å². The highest BCUT2D eigenvalue weighted by Crippen LogP contribution is 2.25. The summed E-state index contributed by atoms with van der Waals surface area (Å²) in [6.45, 7) is 9.15. The second-order valence-electron chi connectivity index (χ2n) is 4.69. The quantitative estimate of drug-likeness (QED) is 0.806. The first-order valence-electron chi connectivity index (χ1n) is 6.87. The van der Waals surface area contributed by atoms with Crippen molar-refractivity contribution in [2.45, 2.75) is 26.9 Å².